The highest BCUT2D eigenvalue weighted by molar-refractivity contribution is 7.10. The highest BCUT2D eigenvalue weighted by Gasteiger charge is 2.45. The summed E-state index contributed by atoms with van der Waals surface area (Å²) in [6.45, 7) is 0. The quantitative estimate of drug-likeness (QED) is 0.823. The van der Waals surface area contributed by atoms with E-state index in [0.717, 1.165) is 0 Å². The second kappa shape index (κ2) is 6.56. The molecule has 2 heterocycles. The molecule has 1 N–H and O–H groups in total. The molecule has 1 aromatic rings. The standard InChI is InChI=1S/C19H28N2OS/c1-20-17-18-15(11-12-23-18)14-9-6-10-16(14)21(19(17)22)13-7-4-2-3-5-8-13/h11-14,16-17,20H,2-10H2,1H3. The van der Waals surface area contributed by atoms with E-state index in [2.05, 4.69) is 21.7 Å². The maximum atomic E-state index is 13.5. The molecule has 0 spiro atoms. The molecule has 3 atom stereocenters. The fourth-order valence-corrected chi connectivity index (χ4v) is 6.25. The van der Waals surface area contributed by atoms with E-state index < -0.39 is 0 Å². The number of hydrogen-bond acceptors (Lipinski definition) is 3. The molecule has 2 saturated carbocycles. The number of nitrogens with zero attached hydrogens (tertiary/aromatic N) is 1. The fourth-order valence-electron chi connectivity index (χ4n) is 5.17. The Labute approximate surface area is 143 Å². The fraction of sp³-hybridized carbons (Fsp3) is 0.737. The zero-order valence-electron chi connectivity index (χ0n) is 14.1. The molecule has 3 unspecified atom stereocenters. The van der Waals surface area contributed by atoms with Gasteiger partial charge in [0.05, 0.1) is 0 Å². The van der Waals surface area contributed by atoms with E-state index in [4.69, 9.17) is 0 Å². The summed E-state index contributed by atoms with van der Waals surface area (Å²) in [7, 11) is 1.94. The first-order valence-corrected chi connectivity index (χ1v) is 10.3. The van der Waals surface area contributed by atoms with Gasteiger partial charge in [-0.2, -0.15) is 0 Å². The maximum Gasteiger partial charge on any atom is 0.245 e. The summed E-state index contributed by atoms with van der Waals surface area (Å²) in [5.41, 5.74) is 1.46. The van der Waals surface area contributed by atoms with Gasteiger partial charge < -0.3 is 10.2 Å². The highest BCUT2D eigenvalue weighted by atomic mass is 32.1. The molecule has 1 aromatic heterocycles. The molecule has 1 aliphatic heterocycles. The predicted octanol–water partition coefficient (Wildman–Crippen LogP) is 4.21. The minimum absolute atomic E-state index is 0.126. The topological polar surface area (TPSA) is 32.3 Å². The molecular formula is C19H28N2OS. The molecular weight excluding hydrogens is 304 g/mol. The van der Waals surface area contributed by atoms with Crippen molar-refractivity contribution in [2.24, 2.45) is 0 Å². The third kappa shape index (κ3) is 2.64. The van der Waals surface area contributed by atoms with Crippen LogP contribution >= 0.6 is 11.3 Å². The summed E-state index contributed by atoms with van der Waals surface area (Å²) in [5.74, 6) is 0.916. The number of carbonyl (C=O) groups excluding carboxylic acids is 1. The van der Waals surface area contributed by atoms with E-state index in [-0.39, 0.29) is 6.04 Å². The zero-order chi connectivity index (χ0) is 15.8. The first-order valence-electron chi connectivity index (χ1n) is 9.38. The second-order valence-electron chi connectivity index (χ2n) is 7.46. The monoisotopic (exact) mass is 332 g/mol. The lowest BCUT2D eigenvalue weighted by Gasteiger charge is -2.38. The van der Waals surface area contributed by atoms with Gasteiger partial charge >= 0.3 is 0 Å². The van der Waals surface area contributed by atoms with Gasteiger partial charge in [-0.15, -0.1) is 11.3 Å². The van der Waals surface area contributed by atoms with Gasteiger partial charge in [0.25, 0.3) is 0 Å². The number of hydrogen-bond donors (Lipinski definition) is 1. The maximum absolute atomic E-state index is 13.5. The van der Waals surface area contributed by atoms with Crippen LogP contribution < -0.4 is 5.32 Å². The average molecular weight is 333 g/mol. The van der Waals surface area contributed by atoms with Gasteiger partial charge in [-0.3, -0.25) is 4.79 Å². The molecule has 1 amide bonds. The van der Waals surface area contributed by atoms with Gasteiger partial charge in [-0.1, -0.05) is 32.1 Å². The van der Waals surface area contributed by atoms with Crippen molar-refractivity contribution in [2.45, 2.75) is 81.8 Å². The van der Waals surface area contributed by atoms with Crippen LogP contribution in [0.4, 0.5) is 0 Å². The molecule has 0 radical (unpaired) electrons. The lowest BCUT2D eigenvalue weighted by Crippen LogP contribution is -2.50. The van der Waals surface area contributed by atoms with E-state index in [1.165, 1.54) is 68.2 Å². The molecule has 0 bridgehead atoms. The molecule has 2 fully saturated rings. The van der Waals surface area contributed by atoms with Crippen molar-refractivity contribution in [3.05, 3.63) is 21.9 Å². The molecule has 23 heavy (non-hydrogen) atoms. The molecule has 126 valence electrons. The van der Waals surface area contributed by atoms with Crippen LogP contribution in [0.1, 0.15) is 80.2 Å². The summed E-state index contributed by atoms with van der Waals surface area (Å²) < 4.78 is 0. The van der Waals surface area contributed by atoms with E-state index >= 15 is 0 Å². The van der Waals surface area contributed by atoms with E-state index in [9.17, 15) is 4.79 Å². The Bertz CT molecular complexity index is 561. The van der Waals surface area contributed by atoms with Gasteiger partial charge in [0, 0.05) is 22.9 Å². The smallest absolute Gasteiger partial charge is 0.245 e. The second-order valence-corrected chi connectivity index (χ2v) is 8.41. The Morgan fingerprint density at radius 1 is 1.09 bits per heavy atom. The number of likely N-dealkylation sites (N-methyl/N-ethyl adjacent to an activating group) is 1. The van der Waals surface area contributed by atoms with Crippen molar-refractivity contribution in [1.82, 2.24) is 10.2 Å². The van der Waals surface area contributed by atoms with Crippen molar-refractivity contribution in [3.8, 4) is 0 Å². The SMILES string of the molecule is CNC1C(=O)N(C2CCCCCC2)C2CCCC2c2ccsc21. The molecule has 4 rings (SSSR count). The lowest BCUT2D eigenvalue weighted by molar-refractivity contribution is -0.138. The van der Waals surface area contributed by atoms with E-state index in [1.807, 2.05) is 7.05 Å². The lowest BCUT2D eigenvalue weighted by atomic mass is 9.93. The Morgan fingerprint density at radius 2 is 1.87 bits per heavy atom. The summed E-state index contributed by atoms with van der Waals surface area (Å²) in [6.07, 6.45) is 11.4. The minimum Gasteiger partial charge on any atom is -0.334 e. The Hall–Kier alpha value is -0.870. The minimum atomic E-state index is -0.126. The first kappa shape index (κ1) is 15.6. The number of fused-ring (bicyclic) bond motifs is 3. The van der Waals surface area contributed by atoms with Crippen molar-refractivity contribution < 1.29 is 4.79 Å². The van der Waals surface area contributed by atoms with Crippen LogP contribution in [0.3, 0.4) is 0 Å². The first-order chi connectivity index (χ1) is 11.3. The number of amides is 1. The average Bonchev–Trinajstić information content (AvgIpc) is 3.10. The Kier molecular flexibility index (Phi) is 4.46. The van der Waals surface area contributed by atoms with Crippen LogP contribution in [0.25, 0.3) is 0 Å². The molecule has 0 saturated heterocycles. The number of rotatable bonds is 2. The van der Waals surface area contributed by atoms with Crippen LogP contribution in [0.2, 0.25) is 0 Å². The van der Waals surface area contributed by atoms with E-state index in [1.54, 1.807) is 11.3 Å². The Balaban J connectivity index is 1.73. The van der Waals surface area contributed by atoms with Crippen LogP contribution in [0.5, 0.6) is 0 Å². The summed E-state index contributed by atoms with van der Waals surface area (Å²) >= 11 is 1.77. The van der Waals surface area contributed by atoms with Crippen LogP contribution in [-0.4, -0.2) is 29.9 Å². The van der Waals surface area contributed by atoms with Crippen molar-refractivity contribution >= 4 is 17.2 Å². The van der Waals surface area contributed by atoms with Crippen molar-refractivity contribution in [3.63, 3.8) is 0 Å². The Morgan fingerprint density at radius 3 is 2.61 bits per heavy atom. The van der Waals surface area contributed by atoms with Crippen LogP contribution in [0, 0.1) is 0 Å². The largest absolute Gasteiger partial charge is 0.334 e. The third-order valence-corrected chi connectivity index (χ3v) is 7.23. The number of thiophene rings is 1. The molecule has 0 aromatic carbocycles. The van der Waals surface area contributed by atoms with Crippen LogP contribution in [-0.2, 0) is 4.79 Å². The highest BCUT2D eigenvalue weighted by Crippen LogP contribution is 2.47. The predicted molar refractivity (Wildman–Crippen MR) is 94.8 cm³/mol. The van der Waals surface area contributed by atoms with Gasteiger partial charge in [0.1, 0.15) is 6.04 Å². The third-order valence-electron chi connectivity index (χ3n) is 6.23. The molecule has 4 heteroatoms. The van der Waals surface area contributed by atoms with Gasteiger partial charge in [-0.25, -0.2) is 0 Å². The van der Waals surface area contributed by atoms with Gasteiger partial charge in [0.15, 0.2) is 0 Å². The van der Waals surface area contributed by atoms with Gasteiger partial charge in [-0.05, 0) is 49.7 Å². The summed E-state index contributed by atoms with van der Waals surface area (Å²) in [5, 5.41) is 5.51. The zero-order valence-corrected chi connectivity index (χ0v) is 14.9. The normalized spacial score (nSPS) is 32.3. The van der Waals surface area contributed by atoms with E-state index in [0.29, 0.717) is 23.9 Å². The molecule has 3 aliphatic rings. The van der Waals surface area contributed by atoms with Crippen LogP contribution in [0.15, 0.2) is 11.4 Å². The van der Waals surface area contributed by atoms with Crippen molar-refractivity contribution in [2.75, 3.05) is 7.05 Å². The molecule has 3 nitrogen and oxygen atoms in total. The summed E-state index contributed by atoms with van der Waals surface area (Å²) in [6, 6.07) is 3.08. The number of carbonyl (C=O) groups is 1. The number of nitrogens with one attached hydrogen (secondary N) is 1. The van der Waals surface area contributed by atoms with Gasteiger partial charge in [0.2, 0.25) is 5.91 Å². The van der Waals surface area contributed by atoms with Crippen molar-refractivity contribution in [1.29, 1.82) is 0 Å². The summed E-state index contributed by atoms with van der Waals surface area (Å²) in [4.78, 5) is 17.1. The molecule has 2 aliphatic carbocycles.